The van der Waals surface area contributed by atoms with E-state index >= 15 is 0 Å². The van der Waals surface area contributed by atoms with E-state index in [2.05, 4.69) is 15.9 Å². The number of halogens is 1. The second-order valence-electron chi connectivity index (χ2n) is 12.3. The van der Waals surface area contributed by atoms with Crippen LogP contribution in [0.2, 0.25) is 0 Å². The summed E-state index contributed by atoms with van der Waals surface area (Å²) in [7, 11) is 0. The maximum atomic E-state index is 14.1. The van der Waals surface area contributed by atoms with Crippen molar-refractivity contribution in [2.75, 3.05) is 23.0 Å². The van der Waals surface area contributed by atoms with E-state index in [9.17, 15) is 24.6 Å². The van der Waals surface area contributed by atoms with Crippen molar-refractivity contribution in [1.29, 1.82) is 0 Å². The molecule has 4 aromatic carbocycles. The van der Waals surface area contributed by atoms with Crippen LogP contribution in [0.3, 0.4) is 0 Å². The summed E-state index contributed by atoms with van der Waals surface area (Å²) in [4.78, 5) is 45.0. The first-order valence-corrected chi connectivity index (χ1v) is 16.9. The topological polar surface area (TPSA) is 101 Å². The molecule has 9 heteroatoms. The minimum Gasteiger partial charge on any atom is -0.395 e. The van der Waals surface area contributed by atoms with Crippen molar-refractivity contribution in [1.82, 2.24) is 4.90 Å². The molecule has 0 aromatic heterocycles. The number of amides is 3. The number of benzene rings is 4. The Kier molecular flexibility index (Phi) is 9.91. The van der Waals surface area contributed by atoms with E-state index in [0.717, 1.165) is 39.0 Å². The number of hydrogen-bond acceptors (Lipinski definition) is 5. The molecule has 8 nitrogen and oxygen atoms in total. The van der Waals surface area contributed by atoms with Gasteiger partial charge in [-0.05, 0) is 59.5 Å². The summed E-state index contributed by atoms with van der Waals surface area (Å²) >= 11 is 3.50. The molecule has 0 saturated heterocycles. The van der Waals surface area contributed by atoms with Gasteiger partial charge in [-0.1, -0.05) is 95.7 Å². The highest BCUT2D eigenvalue weighted by atomic mass is 79.9. The first kappa shape index (κ1) is 33.3. The highest BCUT2D eigenvalue weighted by Gasteiger charge is 2.52. The molecule has 48 heavy (non-hydrogen) atoms. The molecule has 2 aliphatic heterocycles. The maximum Gasteiger partial charge on any atom is 0.264 e. The van der Waals surface area contributed by atoms with Crippen molar-refractivity contribution in [3.05, 3.63) is 136 Å². The van der Waals surface area contributed by atoms with Gasteiger partial charge in [-0.25, -0.2) is 0 Å². The monoisotopic (exact) mass is 707 g/mol. The SMILES string of the molecule is C[C@@H](/C=C/CC(=O)N(CCO)Cc1ccccc1)[C@]1(O)C(=O)N(Cc2ccc(N3C(=O)CCc4ccccc43)cc2)c2ccc(Br)cc21. The molecule has 246 valence electrons. The van der Waals surface area contributed by atoms with Crippen molar-refractivity contribution in [3.8, 4) is 0 Å². The third kappa shape index (κ3) is 6.58. The van der Waals surface area contributed by atoms with Gasteiger partial charge < -0.3 is 20.0 Å². The summed E-state index contributed by atoms with van der Waals surface area (Å²) < 4.78 is 0.733. The van der Waals surface area contributed by atoms with Crippen molar-refractivity contribution in [2.45, 2.75) is 44.9 Å². The molecule has 2 aliphatic rings. The number of rotatable bonds is 11. The van der Waals surface area contributed by atoms with Crippen LogP contribution in [0, 0.1) is 5.92 Å². The van der Waals surface area contributed by atoms with Crippen LogP contribution in [0.25, 0.3) is 0 Å². The summed E-state index contributed by atoms with van der Waals surface area (Å²) in [5.74, 6) is -1.22. The fourth-order valence-electron chi connectivity index (χ4n) is 6.58. The number of hydrogen-bond donors (Lipinski definition) is 2. The van der Waals surface area contributed by atoms with Crippen LogP contribution >= 0.6 is 15.9 Å². The molecule has 0 spiro atoms. The van der Waals surface area contributed by atoms with Gasteiger partial charge in [0.15, 0.2) is 5.60 Å². The fraction of sp³-hybridized carbons (Fsp3) is 0.256. The molecule has 0 bridgehead atoms. The standard InChI is InChI=1S/C39H38BrN3O5/c1-27(8-7-13-36(45)41(22-23-44)25-28-9-3-2-4-10-28)39(48)33-24-31(40)17-20-35(33)42(38(39)47)26-29-14-18-32(19-15-29)43-34-12-6-5-11-30(34)16-21-37(43)46/h2-12,14-15,17-20,24,27,44,48H,13,16,21-23,25-26H2,1H3/b8-7+/t27-,39+/m0/s1. The van der Waals surface area contributed by atoms with E-state index in [4.69, 9.17) is 0 Å². The lowest BCUT2D eigenvalue weighted by Gasteiger charge is -2.30. The average Bonchev–Trinajstić information content (AvgIpc) is 3.30. The summed E-state index contributed by atoms with van der Waals surface area (Å²) in [5, 5.41) is 21.6. The van der Waals surface area contributed by atoms with Crippen molar-refractivity contribution in [2.24, 2.45) is 5.92 Å². The van der Waals surface area contributed by atoms with E-state index in [1.54, 1.807) is 39.8 Å². The van der Waals surface area contributed by atoms with Crippen molar-refractivity contribution < 1.29 is 24.6 Å². The van der Waals surface area contributed by atoms with E-state index in [0.29, 0.717) is 24.2 Å². The number of aliphatic hydroxyl groups is 2. The van der Waals surface area contributed by atoms with Gasteiger partial charge in [-0.2, -0.15) is 0 Å². The Labute approximate surface area is 289 Å². The van der Waals surface area contributed by atoms with Crippen molar-refractivity contribution in [3.63, 3.8) is 0 Å². The Bertz CT molecular complexity index is 1840. The Morgan fingerprint density at radius 3 is 2.42 bits per heavy atom. The minimum atomic E-state index is -1.85. The van der Waals surface area contributed by atoms with E-state index in [-0.39, 0.29) is 37.9 Å². The molecule has 0 saturated carbocycles. The highest BCUT2D eigenvalue weighted by molar-refractivity contribution is 9.10. The molecule has 2 heterocycles. The third-order valence-corrected chi connectivity index (χ3v) is 9.66. The Balaban J connectivity index is 1.19. The van der Waals surface area contributed by atoms with Crippen molar-refractivity contribution >= 4 is 50.7 Å². The lowest BCUT2D eigenvalue weighted by atomic mass is 9.83. The lowest BCUT2D eigenvalue weighted by Crippen LogP contribution is -2.44. The Hall–Kier alpha value is -4.57. The molecule has 0 aliphatic carbocycles. The molecule has 0 unspecified atom stereocenters. The maximum absolute atomic E-state index is 14.1. The second-order valence-corrected chi connectivity index (χ2v) is 13.2. The van der Waals surface area contributed by atoms with Gasteiger partial charge in [0.25, 0.3) is 5.91 Å². The van der Waals surface area contributed by atoms with E-state index in [1.165, 1.54) is 0 Å². The number of aryl methyl sites for hydroxylation is 1. The molecule has 6 rings (SSSR count). The van der Waals surface area contributed by atoms with Gasteiger partial charge in [0, 0.05) is 47.6 Å². The molecular formula is C39H38BrN3O5. The zero-order chi connectivity index (χ0) is 33.8. The summed E-state index contributed by atoms with van der Waals surface area (Å²) in [6.45, 7) is 2.43. The number of carbonyl (C=O) groups is 3. The molecule has 3 amide bonds. The number of para-hydroxylation sites is 1. The zero-order valence-electron chi connectivity index (χ0n) is 26.8. The van der Waals surface area contributed by atoms with Crippen LogP contribution < -0.4 is 9.80 Å². The van der Waals surface area contributed by atoms with Crippen LogP contribution in [0.15, 0.2) is 114 Å². The van der Waals surface area contributed by atoms with Crippen LogP contribution in [-0.4, -0.2) is 46.0 Å². The average molecular weight is 709 g/mol. The summed E-state index contributed by atoms with van der Waals surface area (Å²) in [6, 6.07) is 30.5. The Morgan fingerprint density at radius 2 is 1.67 bits per heavy atom. The van der Waals surface area contributed by atoms with Crippen LogP contribution in [0.4, 0.5) is 17.1 Å². The highest BCUT2D eigenvalue weighted by Crippen LogP contribution is 2.47. The first-order chi connectivity index (χ1) is 23.2. The quantitative estimate of drug-likeness (QED) is 0.176. The minimum absolute atomic E-state index is 0.0433. The van der Waals surface area contributed by atoms with Crippen LogP contribution in [0.1, 0.15) is 42.0 Å². The first-order valence-electron chi connectivity index (χ1n) is 16.1. The predicted molar refractivity (Wildman–Crippen MR) is 189 cm³/mol. The zero-order valence-corrected chi connectivity index (χ0v) is 28.3. The number of carbonyl (C=O) groups excluding carboxylic acids is 3. The van der Waals surface area contributed by atoms with Gasteiger partial charge in [0.1, 0.15) is 0 Å². The molecular weight excluding hydrogens is 670 g/mol. The van der Waals surface area contributed by atoms with E-state index in [1.807, 2.05) is 91.0 Å². The predicted octanol–water partition coefficient (Wildman–Crippen LogP) is 6.40. The number of anilines is 3. The molecule has 4 aromatic rings. The van der Waals surface area contributed by atoms with Crippen LogP contribution in [0.5, 0.6) is 0 Å². The molecule has 0 radical (unpaired) electrons. The third-order valence-electron chi connectivity index (χ3n) is 9.17. The van der Waals surface area contributed by atoms with Gasteiger partial charge in [-0.3, -0.25) is 19.3 Å². The lowest BCUT2D eigenvalue weighted by molar-refractivity contribution is -0.139. The normalized spacial score (nSPS) is 17.8. The number of aliphatic hydroxyl groups excluding tert-OH is 1. The fourth-order valence-corrected chi connectivity index (χ4v) is 6.94. The molecule has 2 N–H and O–H groups in total. The van der Waals surface area contributed by atoms with Gasteiger partial charge in [-0.15, -0.1) is 0 Å². The van der Waals surface area contributed by atoms with Crippen LogP contribution in [-0.2, 0) is 39.5 Å². The largest absolute Gasteiger partial charge is 0.395 e. The number of nitrogens with zero attached hydrogens (tertiary/aromatic N) is 3. The van der Waals surface area contributed by atoms with Gasteiger partial charge in [0.05, 0.1) is 24.5 Å². The summed E-state index contributed by atoms with van der Waals surface area (Å²) in [6.07, 6.45) is 4.63. The molecule has 0 fully saturated rings. The van der Waals surface area contributed by atoms with Gasteiger partial charge >= 0.3 is 0 Å². The van der Waals surface area contributed by atoms with Gasteiger partial charge in [0.2, 0.25) is 11.8 Å². The molecule has 2 atom stereocenters. The smallest absolute Gasteiger partial charge is 0.264 e. The second kappa shape index (κ2) is 14.3. The number of fused-ring (bicyclic) bond motifs is 2. The van der Waals surface area contributed by atoms with E-state index < -0.39 is 17.4 Å². The Morgan fingerprint density at radius 1 is 0.938 bits per heavy atom. The summed E-state index contributed by atoms with van der Waals surface area (Å²) in [5.41, 5.74) is 3.85.